The van der Waals surface area contributed by atoms with Gasteiger partial charge in [0.15, 0.2) is 0 Å². The van der Waals surface area contributed by atoms with Gasteiger partial charge < -0.3 is 19.3 Å². The van der Waals surface area contributed by atoms with Gasteiger partial charge in [-0.15, -0.1) is 0 Å². The summed E-state index contributed by atoms with van der Waals surface area (Å²) < 4.78 is 17.0. The highest BCUT2D eigenvalue weighted by Gasteiger charge is 2.80. The van der Waals surface area contributed by atoms with Crippen LogP contribution in [0.5, 0.6) is 0 Å². The smallest absolute Gasteiger partial charge is 0.126 e. The van der Waals surface area contributed by atoms with Crippen LogP contribution in [0.2, 0.25) is 0 Å². The quantitative estimate of drug-likeness (QED) is 0.549. The van der Waals surface area contributed by atoms with E-state index in [1.807, 2.05) is 6.92 Å². The summed E-state index contributed by atoms with van der Waals surface area (Å²) in [7, 11) is 0. The fourth-order valence-corrected chi connectivity index (χ4v) is 3.31. The van der Waals surface area contributed by atoms with Gasteiger partial charge in [0.2, 0.25) is 0 Å². The molecule has 1 saturated carbocycles. The van der Waals surface area contributed by atoms with E-state index in [0.29, 0.717) is 0 Å². The van der Waals surface area contributed by atoms with Gasteiger partial charge >= 0.3 is 0 Å². The fourth-order valence-electron chi connectivity index (χ4n) is 3.31. The van der Waals surface area contributed by atoms with E-state index in [0.717, 1.165) is 19.4 Å². The summed E-state index contributed by atoms with van der Waals surface area (Å²) in [6.07, 6.45) is 2.12. The van der Waals surface area contributed by atoms with Gasteiger partial charge in [0.25, 0.3) is 0 Å². The van der Waals surface area contributed by atoms with Crippen molar-refractivity contribution in [2.75, 3.05) is 6.61 Å². The van der Waals surface area contributed by atoms with E-state index in [1.165, 1.54) is 0 Å². The van der Waals surface area contributed by atoms with Crippen molar-refractivity contribution >= 4 is 0 Å². The maximum Gasteiger partial charge on any atom is 0.126 e. The molecular weight excluding hydrogens is 184 g/mol. The lowest BCUT2D eigenvalue weighted by Crippen LogP contribution is -2.54. The molecule has 3 saturated heterocycles. The van der Waals surface area contributed by atoms with Crippen molar-refractivity contribution in [3.8, 4) is 0 Å². The van der Waals surface area contributed by atoms with E-state index in [1.54, 1.807) is 0 Å². The molecule has 3 aliphatic heterocycles. The third-order valence-electron chi connectivity index (χ3n) is 4.18. The summed E-state index contributed by atoms with van der Waals surface area (Å²) in [5.74, 6) is 0. The van der Waals surface area contributed by atoms with Crippen LogP contribution >= 0.6 is 0 Å². The molecule has 4 heteroatoms. The predicted molar refractivity (Wildman–Crippen MR) is 45.9 cm³/mol. The summed E-state index contributed by atoms with van der Waals surface area (Å²) in [6, 6.07) is 0. The van der Waals surface area contributed by atoms with Gasteiger partial charge in [-0.25, -0.2) is 0 Å². The van der Waals surface area contributed by atoms with Crippen LogP contribution in [0, 0.1) is 0 Å². The van der Waals surface area contributed by atoms with Gasteiger partial charge in [-0.2, -0.15) is 0 Å². The molecule has 4 aliphatic rings. The Labute approximate surface area is 82.1 Å². The molecule has 0 aromatic heterocycles. The van der Waals surface area contributed by atoms with E-state index in [2.05, 4.69) is 0 Å². The topological polar surface area (TPSA) is 54.5 Å². The van der Waals surface area contributed by atoms with Gasteiger partial charge in [0.1, 0.15) is 35.6 Å². The molecule has 4 unspecified atom stereocenters. The highest BCUT2D eigenvalue weighted by Crippen LogP contribution is 2.61. The van der Waals surface area contributed by atoms with Crippen molar-refractivity contribution in [1.82, 2.24) is 0 Å². The predicted octanol–water partition coefficient (Wildman–Crippen LogP) is -0.165. The number of epoxide rings is 2. The zero-order chi connectivity index (χ0) is 9.55. The van der Waals surface area contributed by atoms with Crippen LogP contribution in [0.25, 0.3) is 0 Å². The fraction of sp³-hybridized carbons (Fsp3) is 1.00. The van der Waals surface area contributed by atoms with E-state index in [9.17, 15) is 5.11 Å². The Kier molecular flexibility index (Phi) is 1.16. The normalized spacial score (nSPS) is 69.0. The van der Waals surface area contributed by atoms with Crippen LogP contribution in [0.15, 0.2) is 0 Å². The maximum absolute atomic E-state index is 10.1. The average Bonchev–Trinajstić information content (AvgIpc) is 3.02. The standard InChI is InChI=1S/C10H14O4/c1-9(11)5-7(13-5)10(3-2-4-12-10)8-6(9)14-8/h5-8,11H,2-4H2,1H3. The number of rotatable bonds is 0. The number of ether oxygens (including phenoxy) is 3. The minimum Gasteiger partial charge on any atom is -0.385 e. The van der Waals surface area contributed by atoms with Crippen LogP contribution in [0.1, 0.15) is 19.8 Å². The first-order chi connectivity index (χ1) is 6.66. The first-order valence-corrected chi connectivity index (χ1v) is 5.33. The van der Waals surface area contributed by atoms with Crippen molar-refractivity contribution in [2.45, 2.75) is 55.4 Å². The van der Waals surface area contributed by atoms with E-state index in [4.69, 9.17) is 14.2 Å². The Bertz CT molecular complexity index is 272. The van der Waals surface area contributed by atoms with Crippen molar-refractivity contribution in [3.05, 3.63) is 0 Å². The Morgan fingerprint density at radius 1 is 1.14 bits per heavy atom. The van der Waals surface area contributed by atoms with E-state index in [-0.39, 0.29) is 30.0 Å². The third kappa shape index (κ3) is 0.692. The van der Waals surface area contributed by atoms with Crippen LogP contribution in [0.4, 0.5) is 0 Å². The number of hydrogen-bond acceptors (Lipinski definition) is 4. The molecule has 0 amide bonds. The molecule has 0 aromatic carbocycles. The second kappa shape index (κ2) is 2.02. The molecule has 0 bridgehead atoms. The third-order valence-corrected chi connectivity index (χ3v) is 4.18. The molecule has 1 spiro atoms. The van der Waals surface area contributed by atoms with Gasteiger partial charge in [0, 0.05) is 6.61 Å². The van der Waals surface area contributed by atoms with Gasteiger partial charge in [-0.3, -0.25) is 0 Å². The summed E-state index contributed by atoms with van der Waals surface area (Å²) >= 11 is 0. The molecule has 4 rings (SSSR count). The summed E-state index contributed by atoms with van der Waals surface area (Å²) in [5, 5.41) is 10.1. The van der Waals surface area contributed by atoms with Crippen LogP contribution in [0.3, 0.4) is 0 Å². The highest BCUT2D eigenvalue weighted by atomic mass is 16.7. The molecule has 14 heavy (non-hydrogen) atoms. The number of hydrogen-bond donors (Lipinski definition) is 1. The molecule has 4 nitrogen and oxygen atoms in total. The van der Waals surface area contributed by atoms with Crippen molar-refractivity contribution < 1.29 is 19.3 Å². The Morgan fingerprint density at radius 3 is 2.29 bits per heavy atom. The van der Waals surface area contributed by atoms with Gasteiger partial charge in [-0.05, 0) is 19.8 Å². The van der Waals surface area contributed by atoms with Crippen LogP contribution in [-0.4, -0.2) is 47.3 Å². The lowest BCUT2D eigenvalue weighted by Gasteiger charge is -2.31. The second-order valence-corrected chi connectivity index (χ2v) is 5.09. The number of fused-ring (bicyclic) bond motifs is 4. The molecule has 4 fully saturated rings. The Morgan fingerprint density at radius 2 is 1.79 bits per heavy atom. The molecule has 4 atom stereocenters. The lowest BCUT2D eigenvalue weighted by molar-refractivity contribution is -0.0440. The number of aliphatic hydroxyl groups is 1. The van der Waals surface area contributed by atoms with Crippen molar-refractivity contribution in [1.29, 1.82) is 0 Å². The molecule has 0 radical (unpaired) electrons. The molecular formula is C10H14O4. The molecule has 1 N–H and O–H groups in total. The average molecular weight is 198 g/mol. The largest absolute Gasteiger partial charge is 0.385 e. The van der Waals surface area contributed by atoms with E-state index >= 15 is 0 Å². The highest BCUT2D eigenvalue weighted by molar-refractivity contribution is 5.28. The summed E-state index contributed by atoms with van der Waals surface area (Å²) in [4.78, 5) is 0. The first kappa shape index (κ1) is 8.05. The summed E-state index contributed by atoms with van der Waals surface area (Å²) in [6.45, 7) is 2.62. The second-order valence-electron chi connectivity index (χ2n) is 5.09. The van der Waals surface area contributed by atoms with E-state index < -0.39 is 5.60 Å². The van der Waals surface area contributed by atoms with Crippen LogP contribution < -0.4 is 0 Å². The minimum atomic E-state index is -0.799. The van der Waals surface area contributed by atoms with Crippen molar-refractivity contribution in [2.24, 2.45) is 0 Å². The molecule has 1 aliphatic carbocycles. The first-order valence-electron chi connectivity index (χ1n) is 5.33. The molecule has 0 aromatic rings. The van der Waals surface area contributed by atoms with Crippen LogP contribution in [-0.2, 0) is 14.2 Å². The van der Waals surface area contributed by atoms with Gasteiger partial charge in [0.05, 0.1) is 0 Å². The van der Waals surface area contributed by atoms with Gasteiger partial charge in [-0.1, -0.05) is 0 Å². The lowest BCUT2D eigenvalue weighted by atomic mass is 9.76. The maximum atomic E-state index is 10.1. The monoisotopic (exact) mass is 198 g/mol. The molecule has 78 valence electrons. The Balaban J connectivity index is 1.74. The Hall–Kier alpha value is -0.160. The summed E-state index contributed by atoms with van der Waals surface area (Å²) in [5.41, 5.74) is -1.01. The SMILES string of the molecule is CC1(O)C2OC2C2(CCCO2)C2OC21. The zero-order valence-electron chi connectivity index (χ0n) is 8.10. The molecule has 3 heterocycles. The zero-order valence-corrected chi connectivity index (χ0v) is 8.10. The van der Waals surface area contributed by atoms with Crippen molar-refractivity contribution in [3.63, 3.8) is 0 Å². The minimum absolute atomic E-state index is 0.0654.